The zero-order chi connectivity index (χ0) is 11.4. The number of rotatable bonds is 2. The lowest BCUT2D eigenvalue weighted by atomic mass is 9.93. The Bertz CT molecular complexity index is 348. The fraction of sp³-hybridized carbons (Fsp3) is 0.545. The largest absolute Gasteiger partial charge is 0.393 e. The molecule has 1 aliphatic rings. The third-order valence-corrected chi connectivity index (χ3v) is 2.83. The maximum Gasteiger partial charge on any atom is 0.271 e. The first kappa shape index (κ1) is 11.0. The molecule has 16 heavy (non-hydrogen) atoms. The summed E-state index contributed by atoms with van der Waals surface area (Å²) in [6, 6.07) is 0.151. The van der Waals surface area contributed by atoms with Gasteiger partial charge in [-0.1, -0.05) is 0 Å². The van der Waals surface area contributed by atoms with Crippen LogP contribution in [0.5, 0.6) is 0 Å². The molecule has 2 rings (SSSR count). The van der Waals surface area contributed by atoms with Gasteiger partial charge in [0.25, 0.3) is 5.91 Å². The molecule has 0 bridgehead atoms. The number of carbonyl (C=O) groups is 1. The third-order valence-electron chi connectivity index (χ3n) is 2.83. The molecule has 0 aliphatic heterocycles. The molecule has 0 atom stereocenters. The van der Waals surface area contributed by atoms with Crippen LogP contribution in [0.1, 0.15) is 36.2 Å². The van der Waals surface area contributed by atoms with Gasteiger partial charge in [0.1, 0.15) is 5.69 Å². The summed E-state index contributed by atoms with van der Waals surface area (Å²) in [5.41, 5.74) is 0.341. The van der Waals surface area contributed by atoms with Crippen LogP contribution >= 0.6 is 0 Å². The predicted octanol–water partition coefficient (Wildman–Crippen LogP) is 0.510. The van der Waals surface area contributed by atoms with Crippen LogP contribution < -0.4 is 5.32 Å². The van der Waals surface area contributed by atoms with Gasteiger partial charge in [-0.2, -0.15) is 0 Å². The number of hydrogen-bond donors (Lipinski definition) is 2. The van der Waals surface area contributed by atoms with Crippen LogP contribution in [0, 0.1) is 0 Å². The average molecular weight is 221 g/mol. The lowest BCUT2D eigenvalue weighted by Crippen LogP contribution is -2.38. The van der Waals surface area contributed by atoms with Gasteiger partial charge < -0.3 is 10.4 Å². The second-order valence-electron chi connectivity index (χ2n) is 4.07. The fourth-order valence-electron chi connectivity index (χ4n) is 1.90. The van der Waals surface area contributed by atoms with Crippen molar-refractivity contribution in [2.45, 2.75) is 37.8 Å². The first-order valence-electron chi connectivity index (χ1n) is 5.50. The summed E-state index contributed by atoms with van der Waals surface area (Å²) in [6.45, 7) is 0. The molecule has 5 heteroatoms. The lowest BCUT2D eigenvalue weighted by molar-refractivity contribution is 0.0863. The second-order valence-corrected chi connectivity index (χ2v) is 4.07. The molecular weight excluding hydrogens is 206 g/mol. The Labute approximate surface area is 93.9 Å². The highest BCUT2D eigenvalue weighted by Gasteiger charge is 2.21. The van der Waals surface area contributed by atoms with E-state index in [0.717, 1.165) is 25.7 Å². The van der Waals surface area contributed by atoms with Crippen LogP contribution in [0.3, 0.4) is 0 Å². The van der Waals surface area contributed by atoms with Gasteiger partial charge in [0.2, 0.25) is 0 Å². The summed E-state index contributed by atoms with van der Waals surface area (Å²) in [4.78, 5) is 19.5. The molecule has 0 spiro atoms. The van der Waals surface area contributed by atoms with E-state index in [2.05, 4.69) is 15.3 Å². The van der Waals surface area contributed by atoms with Gasteiger partial charge in [0.15, 0.2) is 0 Å². The summed E-state index contributed by atoms with van der Waals surface area (Å²) in [7, 11) is 0. The molecule has 1 heterocycles. The summed E-state index contributed by atoms with van der Waals surface area (Å²) in [6.07, 6.45) is 7.45. The third kappa shape index (κ3) is 2.76. The van der Waals surface area contributed by atoms with Crippen LogP contribution in [0.25, 0.3) is 0 Å². The number of nitrogens with one attached hydrogen (secondary N) is 1. The molecule has 0 aromatic carbocycles. The van der Waals surface area contributed by atoms with Gasteiger partial charge in [-0.3, -0.25) is 9.78 Å². The van der Waals surface area contributed by atoms with E-state index in [1.807, 2.05) is 0 Å². The van der Waals surface area contributed by atoms with E-state index in [-0.39, 0.29) is 18.1 Å². The number of nitrogens with zero attached hydrogens (tertiary/aromatic N) is 2. The molecule has 86 valence electrons. The number of aliphatic hydroxyl groups is 1. The molecule has 1 fully saturated rings. The fourth-order valence-corrected chi connectivity index (χ4v) is 1.90. The molecule has 0 saturated heterocycles. The molecule has 0 unspecified atom stereocenters. The maximum atomic E-state index is 11.7. The van der Waals surface area contributed by atoms with E-state index >= 15 is 0 Å². The van der Waals surface area contributed by atoms with Gasteiger partial charge in [0, 0.05) is 18.4 Å². The van der Waals surface area contributed by atoms with Crippen LogP contribution in [0.15, 0.2) is 18.6 Å². The summed E-state index contributed by atoms with van der Waals surface area (Å²) >= 11 is 0. The van der Waals surface area contributed by atoms with E-state index in [1.165, 1.54) is 18.6 Å². The number of aliphatic hydroxyl groups excluding tert-OH is 1. The number of amides is 1. The Morgan fingerprint density at radius 1 is 1.31 bits per heavy atom. The van der Waals surface area contributed by atoms with Crippen molar-refractivity contribution in [3.8, 4) is 0 Å². The van der Waals surface area contributed by atoms with Gasteiger partial charge in [-0.05, 0) is 25.7 Å². The Morgan fingerprint density at radius 3 is 2.69 bits per heavy atom. The quantitative estimate of drug-likeness (QED) is 0.763. The lowest BCUT2D eigenvalue weighted by Gasteiger charge is -2.25. The van der Waals surface area contributed by atoms with Crippen molar-refractivity contribution in [2.75, 3.05) is 0 Å². The van der Waals surface area contributed by atoms with Crippen molar-refractivity contribution in [1.82, 2.24) is 15.3 Å². The standard InChI is InChI=1S/C11H15N3O2/c15-9-3-1-8(2-4-9)14-11(16)10-7-12-5-6-13-10/h5-9,15H,1-4H2,(H,14,16). The van der Waals surface area contributed by atoms with Crippen molar-refractivity contribution in [1.29, 1.82) is 0 Å². The molecule has 1 saturated carbocycles. The van der Waals surface area contributed by atoms with Crippen molar-refractivity contribution < 1.29 is 9.90 Å². The smallest absolute Gasteiger partial charge is 0.271 e. The Balaban J connectivity index is 1.88. The SMILES string of the molecule is O=C(NC1CCC(O)CC1)c1cnccn1. The zero-order valence-corrected chi connectivity index (χ0v) is 8.97. The van der Waals surface area contributed by atoms with Crippen molar-refractivity contribution >= 4 is 5.91 Å². The zero-order valence-electron chi connectivity index (χ0n) is 8.97. The highest BCUT2D eigenvalue weighted by atomic mass is 16.3. The number of carbonyl (C=O) groups excluding carboxylic acids is 1. The van der Waals surface area contributed by atoms with E-state index < -0.39 is 0 Å². The number of hydrogen-bond acceptors (Lipinski definition) is 4. The first-order valence-corrected chi connectivity index (χ1v) is 5.50. The van der Waals surface area contributed by atoms with Crippen LogP contribution in [-0.4, -0.2) is 33.1 Å². The minimum Gasteiger partial charge on any atom is -0.393 e. The van der Waals surface area contributed by atoms with Gasteiger partial charge >= 0.3 is 0 Å². The Kier molecular flexibility index (Phi) is 3.46. The van der Waals surface area contributed by atoms with Gasteiger partial charge in [-0.15, -0.1) is 0 Å². The highest BCUT2D eigenvalue weighted by molar-refractivity contribution is 5.92. The highest BCUT2D eigenvalue weighted by Crippen LogP contribution is 2.18. The van der Waals surface area contributed by atoms with Crippen LogP contribution in [0.4, 0.5) is 0 Å². The average Bonchev–Trinajstić information content (AvgIpc) is 2.33. The molecule has 5 nitrogen and oxygen atoms in total. The summed E-state index contributed by atoms with van der Waals surface area (Å²) < 4.78 is 0. The van der Waals surface area contributed by atoms with Crippen molar-refractivity contribution in [2.24, 2.45) is 0 Å². The van der Waals surface area contributed by atoms with Gasteiger partial charge in [0.05, 0.1) is 12.3 Å². The normalized spacial score (nSPS) is 25.1. The maximum absolute atomic E-state index is 11.7. The molecular formula is C11H15N3O2. The molecule has 1 aliphatic carbocycles. The molecule has 1 amide bonds. The van der Waals surface area contributed by atoms with E-state index in [9.17, 15) is 9.90 Å². The van der Waals surface area contributed by atoms with Crippen molar-refractivity contribution in [3.05, 3.63) is 24.3 Å². The Hall–Kier alpha value is -1.49. The van der Waals surface area contributed by atoms with Crippen LogP contribution in [-0.2, 0) is 0 Å². The minimum atomic E-state index is -0.204. The minimum absolute atomic E-state index is 0.151. The van der Waals surface area contributed by atoms with E-state index in [4.69, 9.17) is 0 Å². The molecule has 1 aromatic heterocycles. The summed E-state index contributed by atoms with van der Waals surface area (Å²) in [5.74, 6) is -0.186. The van der Waals surface area contributed by atoms with Crippen molar-refractivity contribution in [3.63, 3.8) is 0 Å². The predicted molar refractivity (Wildman–Crippen MR) is 57.8 cm³/mol. The van der Waals surface area contributed by atoms with Crippen LogP contribution in [0.2, 0.25) is 0 Å². The van der Waals surface area contributed by atoms with E-state index in [1.54, 1.807) is 0 Å². The Morgan fingerprint density at radius 2 is 2.06 bits per heavy atom. The summed E-state index contributed by atoms with van der Waals surface area (Å²) in [5, 5.41) is 12.2. The molecule has 2 N–H and O–H groups in total. The topological polar surface area (TPSA) is 75.1 Å². The molecule has 0 radical (unpaired) electrons. The molecule has 1 aromatic rings. The first-order chi connectivity index (χ1) is 7.75. The van der Waals surface area contributed by atoms with Gasteiger partial charge in [-0.25, -0.2) is 4.98 Å². The number of aromatic nitrogens is 2. The monoisotopic (exact) mass is 221 g/mol. The van der Waals surface area contributed by atoms with E-state index in [0.29, 0.717) is 5.69 Å². The second kappa shape index (κ2) is 5.03.